The molecule has 27 heavy (non-hydrogen) atoms. The van der Waals surface area contributed by atoms with E-state index in [1.807, 2.05) is 30.3 Å². The number of hydrogen-bond acceptors (Lipinski definition) is 3. The molecule has 1 aliphatic rings. The summed E-state index contributed by atoms with van der Waals surface area (Å²) in [6.07, 6.45) is 0.660. The summed E-state index contributed by atoms with van der Waals surface area (Å²) in [5.41, 5.74) is 0.979. The molecule has 3 rings (SSSR count). The number of nitrogens with one attached hydrogen (secondary N) is 1. The second-order valence-corrected chi connectivity index (χ2v) is 8.36. The van der Waals surface area contributed by atoms with Crippen LogP contribution in [0.25, 0.3) is 0 Å². The van der Waals surface area contributed by atoms with E-state index in [-0.39, 0.29) is 24.9 Å². The highest BCUT2D eigenvalue weighted by Crippen LogP contribution is 2.26. The topological polar surface area (TPSA) is 66.5 Å². The summed E-state index contributed by atoms with van der Waals surface area (Å²) < 4.78 is 53.4. The molecule has 1 heterocycles. The molecule has 0 atom stereocenters. The number of halogens is 2. The molecule has 8 heteroatoms. The van der Waals surface area contributed by atoms with Crippen molar-refractivity contribution in [3.8, 4) is 0 Å². The van der Waals surface area contributed by atoms with Crippen molar-refractivity contribution in [3.05, 3.63) is 65.7 Å². The maximum atomic E-state index is 13.9. The van der Waals surface area contributed by atoms with Gasteiger partial charge in [0.1, 0.15) is 16.5 Å². The van der Waals surface area contributed by atoms with Gasteiger partial charge in [-0.15, -0.1) is 0 Å². The largest absolute Gasteiger partial charge is 0.352 e. The standard InChI is InChI=1S/C19H20F2N2O3S/c20-16-6-7-17(21)18(12-16)27(25,26)23-10-8-15(9-11-23)19(24)22-13-14-4-2-1-3-5-14/h1-7,12,15H,8-11,13H2,(H,22,24). The summed E-state index contributed by atoms with van der Waals surface area (Å²) in [5, 5.41) is 2.85. The number of sulfonamides is 1. The molecule has 0 aromatic heterocycles. The van der Waals surface area contributed by atoms with Crippen molar-refractivity contribution < 1.29 is 22.0 Å². The fourth-order valence-electron chi connectivity index (χ4n) is 3.10. The van der Waals surface area contributed by atoms with Crippen LogP contribution in [0.3, 0.4) is 0 Å². The molecule has 2 aromatic carbocycles. The van der Waals surface area contributed by atoms with Gasteiger partial charge < -0.3 is 5.32 Å². The van der Waals surface area contributed by atoms with Crippen molar-refractivity contribution in [2.75, 3.05) is 13.1 Å². The minimum absolute atomic E-state index is 0.0850. The van der Waals surface area contributed by atoms with Gasteiger partial charge >= 0.3 is 0 Å². The van der Waals surface area contributed by atoms with Gasteiger partial charge in [-0.2, -0.15) is 4.31 Å². The van der Waals surface area contributed by atoms with Gasteiger partial charge in [-0.25, -0.2) is 17.2 Å². The minimum atomic E-state index is -4.13. The molecule has 1 fully saturated rings. The molecule has 0 saturated carbocycles. The van der Waals surface area contributed by atoms with E-state index in [0.29, 0.717) is 25.5 Å². The first kappa shape index (κ1) is 19.4. The first-order valence-corrected chi connectivity index (χ1v) is 10.1. The molecular formula is C19H20F2N2O3S. The maximum Gasteiger partial charge on any atom is 0.246 e. The molecule has 0 unspecified atom stereocenters. The number of carbonyl (C=O) groups excluding carboxylic acids is 1. The fraction of sp³-hybridized carbons (Fsp3) is 0.316. The van der Waals surface area contributed by atoms with Crippen LogP contribution in [0.2, 0.25) is 0 Å². The van der Waals surface area contributed by atoms with Crippen LogP contribution < -0.4 is 5.32 Å². The van der Waals surface area contributed by atoms with Gasteiger partial charge in [-0.1, -0.05) is 30.3 Å². The van der Waals surface area contributed by atoms with Gasteiger partial charge in [-0.05, 0) is 36.6 Å². The van der Waals surface area contributed by atoms with Crippen LogP contribution >= 0.6 is 0 Å². The van der Waals surface area contributed by atoms with Gasteiger partial charge in [0.25, 0.3) is 0 Å². The molecule has 1 N–H and O–H groups in total. The molecule has 0 spiro atoms. The second kappa shape index (κ2) is 8.14. The maximum absolute atomic E-state index is 13.9. The number of amides is 1. The Bertz CT molecular complexity index is 912. The Balaban J connectivity index is 1.59. The van der Waals surface area contributed by atoms with Crippen molar-refractivity contribution in [2.24, 2.45) is 5.92 Å². The SMILES string of the molecule is O=C(NCc1ccccc1)C1CCN(S(=O)(=O)c2cc(F)ccc2F)CC1. The smallest absolute Gasteiger partial charge is 0.246 e. The van der Waals surface area contributed by atoms with Crippen LogP contribution in [0.4, 0.5) is 8.78 Å². The normalized spacial score (nSPS) is 16.2. The van der Waals surface area contributed by atoms with E-state index in [1.54, 1.807) is 0 Å². The molecule has 1 amide bonds. The monoisotopic (exact) mass is 394 g/mol. The lowest BCUT2D eigenvalue weighted by atomic mass is 9.97. The van der Waals surface area contributed by atoms with Gasteiger partial charge in [-0.3, -0.25) is 4.79 Å². The van der Waals surface area contributed by atoms with Crippen molar-refractivity contribution in [1.82, 2.24) is 9.62 Å². The van der Waals surface area contributed by atoms with E-state index in [9.17, 15) is 22.0 Å². The fourth-order valence-corrected chi connectivity index (χ4v) is 4.65. The molecule has 5 nitrogen and oxygen atoms in total. The first-order chi connectivity index (χ1) is 12.9. The zero-order valence-corrected chi connectivity index (χ0v) is 15.4. The van der Waals surface area contributed by atoms with E-state index in [2.05, 4.69) is 5.32 Å². The van der Waals surface area contributed by atoms with Crippen molar-refractivity contribution in [3.63, 3.8) is 0 Å². The average molecular weight is 394 g/mol. The highest BCUT2D eigenvalue weighted by molar-refractivity contribution is 7.89. The summed E-state index contributed by atoms with van der Waals surface area (Å²) in [4.78, 5) is 11.6. The summed E-state index contributed by atoms with van der Waals surface area (Å²) in [6, 6.07) is 11.8. The van der Waals surface area contributed by atoms with Gasteiger partial charge in [0, 0.05) is 25.6 Å². The third kappa shape index (κ3) is 4.51. The lowest BCUT2D eigenvalue weighted by Crippen LogP contribution is -2.43. The lowest BCUT2D eigenvalue weighted by Gasteiger charge is -2.30. The quantitative estimate of drug-likeness (QED) is 0.848. The number of rotatable bonds is 5. The third-order valence-electron chi connectivity index (χ3n) is 4.65. The predicted octanol–water partition coefficient (Wildman–Crippen LogP) is 2.68. The molecule has 1 saturated heterocycles. The van der Waals surface area contributed by atoms with Crippen LogP contribution in [0.15, 0.2) is 53.4 Å². The molecule has 2 aromatic rings. The van der Waals surface area contributed by atoms with E-state index in [1.165, 1.54) is 0 Å². The summed E-state index contributed by atoms with van der Waals surface area (Å²) >= 11 is 0. The molecule has 0 radical (unpaired) electrons. The van der Waals surface area contributed by atoms with Gasteiger partial charge in [0.15, 0.2) is 0 Å². The predicted molar refractivity (Wildman–Crippen MR) is 96.1 cm³/mol. The lowest BCUT2D eigenvalue weighted by molar-refractivity contribution is -0.126. The van der Waals surface area contributed by atoms with Crippen LogP contribution in [0, 0.1) is 17.6 Å². The van der Waals surface area contributed by atoms with Crippen LogP contribution in [-0.2, 0) is 21.4 Å². The number of nitrogens with zero attached hydrogens (tertiary/aromatic N) is 1. The van der Waals surface area contributed by atoms with Crippen LogP contribution in [0.5, 0.6) is 0 Å². The Labute approximate surface area is 157 Å². The molecule has 144 valence electrons. The number of benzene rings is 2. The Kier molecular flexibility index (Phi) is 5.86. The Morgan fingerprint density at radius 2 is 1.74 bits per heavy atom. The number of carbonyl (C=O) groups is 1. The molecule has 1 aliphatic heterocycles. The molecular weight excluding hydrogens is 374 g/mol. The van der Waals surface area contributed by atoms with E-state index in [0.717, 1.165) is 22.0 Å². The second-order valence-electron chi connectivity index (χ2n) is 6.46. The highest BCUT2D eigenvalue weighted by atomic mass is 32.2. The van der Waals surface area contributed by atoms with Crippen molar-refractivity contribution in [2.45, 2.75) is 24.3 Å². The average Bonchev–Trinajstić information content (AvgIpc) is 2.68. The summed E-state index contributed by atoms with van der Waals surface area (Å²) in [6.45, 7) is 0.579. The number of piperidine rings is 1. The molecule has 0 bridgehead atoms. The first-order valence-electron chi connectivity index (χ1n) is 8.65. The highest BCUT2D eigenvalue weighted by Gasteiger charge is 2.33. The summed E-state index contributed by atoms with van der Waals surface area (Å²) in [7, 11) is -4.13. The zero-order chi connectivity index (χ0) is 19.4. The Hall–Kier alpha value is -2.32. The van der Waals surface area contributed by atoms with E-state index < -0.39 is 26.6 Å². The third-order valence-corrected chi connectivity index (χ3v) is 6.56. The van der Waals surface area contributed by atoms with Crippen molar-refractivity contribution in [1.29, 1.82) is 0 Å². The van der Waals surface area contributed by atoms with Gasteiger partial charge in [0.2, 0.25) is 15.9 Å². The van der Waals surface area contributed by atoms with Crippen LogP contribution in [-0.4, -0.2) is 31.7 Å². The van der Waals surface area contributed by atoms with E-state index in [4.69, 9.17) is 0 Å². The van der Waals surface area contributed by atoms with Crippen LogP contribution in [0.1, 0.15) is 18.4 Å². The van der Waals surface area contributed by atoms with E-state index >= 15 is 0 Å². The Morgan fingerprint density at radius 3 is 2.41 bits per heavy atom. The van der Waals surface area contributed by atoms with Crippen molar-refractivity contribution >= 4 is 15.9 Å². The zero-order valence-electron chi connectivity index (χ0n) is 14.6. The number of hydrogen-bond donors (Lipinski definition) is 1. The summed E-state index contributed by atoms with van der Waals surface area (Å²) in [5.74, 6) is -2.24. The Morgan fingerprint density at radius 1 is 1.07 bits per heavy atom. The minimum Gasteiger partial charge on any atom is -0.352 e. The van der Waals surface area contributed by atoms with Gasteiger partial charge in [0.05, 0.1) is 0 Å². The molecule has 0 aliphatic carbocycles.